The summed E-state index contributed by atoms with van der Waals surface area (Å²) < 4.78 is 50.4. The van der Waals surface area contributed by atoms with Gasteiger partial charge in [0.15, 0.2) is 17.1 Å². The molecule has 4 aliphatic carbocycles. The van der Waals surface area contributed by atoms with Crippen LogP contribution < -0.4 is 0 Å². The Labute approximate surface area is 261 Å². The van der Waals surface area contributed by atoms with E-state index in [2.05, 4.69) is 11.8 Å². The molecule has 44 heavy (non-hydrogen) atoms. The Morgan fingerprint density at radius 2 is 1.98 bits per heavy atom. The Morgan fingerprint density at radius 1 is 1.23 bits per heavy atom. The van der Waals surface area contributed by atoms with Crippen LogP contribution in [0.2, 0.25) is 0 Å². The highest BCUT2D eigenvalue weighted by Crippen LogP contribution is 2.72. The van der Waals surface area contributed by atoms with Crippen LogP contribution >= 0.6 is 11.8 Å². The Hall–Kier alpha value is -2.74. The van der Waals surface area contributed by atoms with Gasteiger partial charge < -0.3 is 19.0 Å². The molecule has 5 rings (SSSR count). The lowest BCUT2D eigenvalue weighted by Crippen LogP contribution is -2.70. The number of aliphatic hydroxyl groups excluding tert-OH is 1. The van der Waals surface area contributed by atoms with Crippen LogP contribution in [0.15, 0.2) is 46.6 Å². The molecule has 0 aliphatic heterocycles. The number of halogens is 2. The SMILES string of the molecule is CC(C)COCC#CCSC(=O)[C@@]1(OC(=O)c2ccco2)[C@H](C)C[C@H]2[C@@H]3C[C@H](F)C4=CC(=O)C=C[C@]4(C)[C@@]3(F)[C@@H](O)C[C@@]21C. The van der Waals surface area contributed by atoms with Gasteiger partial charge in [-0.2, -0.15) is 0 Å². The van der Waals surface area contributed by atoms with Crippen molar-refractivity contribution in [3.63, 3.8) is 0 Å². The smallest absolute Gasteiger partial charge is 0.375 e. The molecule has 3 saturated carbocycles. The van der Waals surface area contributed by atoms with Crippen molar-refractivity contribution in [2.75, 3.05) is 19.0 Å². The number of carbonyl (C=O) groups excluding carboxylic acids is 3. The first-order valence-corrected chi connectivity index (χ1v) is 16.1. The monoisotopic (exact) mass is 630 g/mol. The summed E-state index contributed by atoms with van der Waals surface area (Å²) in [5, 5.41) is 11.3. The van der Waals surface area contributed by atoms with Gasteiger partial charge in [0.2, 0.25) is 10.9 Å². The minimum absolute atomic E-state index is 0.0236. The lowest BCUT2D eigenvalue weighted by molar-refractivity contribution is -0.221. The standard InChI is InChI=1S/C34H40F2O7S/c1-20(2)19-41-12-6-7-14-44-30(40)34(43-29(39)27-9-8-13-42-27)21(3)15-23-24-17-26(35)25-16-22(37)10-11-31(25,4)33(24,36)28(38)18-32(23,34)5/h8-11,13,16,20-21,23-24,26,28,38H,12,14-15,17-19H2,1-5H3/t21-,23+,24+,26+,28+,31+,32+,33+,34+/m1/s1. The Kier molecular flexibility index (Phi) is 8.82. The van der Waals surface area contributed by atoms with Gasteiger partial charge in [-0.3, -0.25) is 9.59 Å². The molecule has 0 unspecified atom stereocenters. The molecule has 0 saturated heterocycles. The molecule has 7 nitrogen and oxygen atoms in total. The zero-order valence-electron chi connectivity index (χ0n) is 25.7. The highest BCUT2D eigenvalue weighted by Gasteiger charge is 2.78. The maximum atomic E-state index is 17.6. The quantitative estimate of drug-likeness (QED) is 0.234. The van der Waals surface area contributed by atoms with Gasteiger partial charge >= 0.3 is 5.97 Å². The molecule has 0 amide bonds. The predicted octanol–water partition coefficient (Wildman–Crippen LogP) is 5.68. The number of esters is 1. The summed E-state index contributed by atoms with van der Waals surface area (Å²) in [6.45, 7) is 9.88. The minimum Gasteiger partial charge on any atom is -0.457 e. The largest absolute Gasteiger partial charge is 0.457 e. The topological polar surface area (TPSA) is 103 Å². The number of carbonyl (C=O) groups is 3. The normalized spacial score (nSPS) is 39.1. The van der Waals surface area contributed by atoms with Crippen molar-refractivity contribution in [2.45, 2.75) is 77.4 Å². The van der Waals surface area contributed by atoms with Gasteiger partial charge in [-0.25, -0.2) is 13.6 Å². The number of hydrogen-bond donors (Lipinski definition) is 1. The summed E-state index contributed by atoms with van der Waals surface area (Å²) >= 11 is 0.899. The first-order chi connectivity index (χ1) is 20.7. The Balaban J connectivity index is 1.51. The molecular formula is C34H40F2O7S. The Morgan fingerprint density at radius 3 is 2.66 bits per heavy atom. The highest BCUT2D eigenvalue weighted by molar-refractivity contribution is 8.14. The third-order valence-electron chi connectivity index (χ3n) is 10.5. The van der Waals surface area contributed by atoms with Gasteiger partial charge in [-0.15, -0.1) is 0 Å². The molecule has 1 aromatic rings. The number of alkyl halides is 2. The van der Waals surface area contributed by atoms with E-state index in [4.69, 9.17) is 13.9 Å². The summed E-state index contributed by atoms with van der Waals surface area (Å²) in [5.41, 5.74) is -6.89. The molecule has 1 aromatic heterocycles. The molecule has 0 bridgehead atoms. The van der Waals surface area contributed by atoms with Gasteiger partial charge in [0.05, 0.1) is 24.7 Å². The number of ether oxygens (including phenoxy) is 2. The third-order valence-corrected chi connectivity index (χ3v) is 11.3. The summed E-state index contributed by atoms with van der Waals surface area (Å²) in [6, 6.07) is 2.96. The lowest BCUT2D eigenvalue weighted by Gasteiger charge is -2.63. The highest BCUT2D eigenvalue weighted by atomic mass is 32.2. The zero-order chi connectivity index (χ0) is 32.1. The number of thioether (sulfide) groups is 1. The minimum atomic E-state index is -2.32. The van der Waals surface area contributed by atoms with E-state index in [-0.39, 0.29) is 43.0 Å². The van der Waals surface area contributed by atoms with Gasteiger partial charge in [0.25, 0.3) is 0 Å². The molecule has 0 aromatic carbocycles. The van der Waals surface area contributed by atoms with Crippen molar-refractivity contribution in [1.29, 1.82) is 0 Å². The van der Waals surface area contributed by atoms with Gasteiger partial charge in [-0.05, 0) is 67.9 Å². The second-order valence-electron chi connectivity index (χ2n) is 13.4. The maximum absolute atomic E-state index is 17.6. The molecule has 0 radical (unpaired) electrons. The van der Waals surface area contributed by atoms with Crippen molar-refractivity contribution >= 4 is 28.6 Å². The fraction of sp³-hybridized carbons (Fsp3) is 0.618. The van der Waals surface area contributed by atoms with Crippen molar-refractivity contribution in [3.05, 3.63) is 48.0 Å². The van der Waals surface area contributed by atoms with Crippen LogP contribution in [0.25, 0.3) is 0 Å². The van der Waals surface area contributed by atoms with E-state index in [1.807, 2.05) is 13.8 Å². The fourth-order valence-electron chi connectivity index (χ4n) is 8.47. The van der Waals surface area contributed by atoms with Crippen LogP contribution in [-0.2, 0) is 19.1 Å². The predicted molar refractivity (Wildman–Crippen MR) is 161 cm³/mol. The number of hydrogen-bond acceptors (Lipinski definition) is 8. The number of fused-ring (bicyclic) bond motifs is 5. The fourth-order valence-corrected chi connectivity index (χ4v) is 9.46. The molecule has 238 valence electrons. The van der Waals surface area contributed by atoms with Gasteiger partial charge in [-0.1, -0.05) is 57.4 Å². The average Bonchev–Trinajstić information content (AvgIpc) is 3.57. The molecule has 1 heterocycles. The van der Waals surface area contributed by atoms with Crippen molar-refractivity contribution < 1.29 is 42.2 Å². The Bertz CT molecular complexity index is 1430. The van der Waals surface area contributed by atoms with Crippen molar-refractivity contribution in [3.8, 4) is 11.8 Å². The van der Waals surface area contributed by atoms with Crippen LogP contribution in [0.1, 0.15) is 64.4 Å². The summed E-state index contributed by atoms with van der Waals surface area (Å²) in [7, 11) is 0. The number of aliphatic hydroxyl groups is 1. The van der Waals surface area contributed by atoms with E-state index in [9.17, 15) is 19.5 Å². The average molecular weight is 631 g/mol. The second-order valence-corrected chi connectivity index (χ2v) is 14.4. The van der Waals surface area contributed by atoms with E-state index in [0.29, 0.717) is 12.5 Å². The number of ketones is 1. The molecule has 3 fully saturated rings. The molecule has 9 atom stereocenters. The van der Waals surface area contributed by atoms with Crippen LogP contribution in [-0.4, -0.2) is 64.5 Å². The van der Waals surface area contributed by atoms with E-state index in [1.165, 1.54) is 37.5 Å². The van der Waals surface area contributed by atoms with Crippen LogP contribution in [0.5, 0.6) is 0 Å². The summed E-state index contributed by atoms with van der Waals surface area (Å²) in [4.78, 5) is 39.9. The van der Waals surface area contributed by atoms with Crippen LogP contribution in [0.3, 0.4) is 0 Å². The molecule has 10 heteroatoms. The lowest BCUT2D eigenvalue weighted by atomic mass is 9.44. The number of allylic oxidation sites excluding steroid dienone is 4. The van der Waals surface area contributed by atoms with E-state index in [0.717, 1.165) is 17.8 Å². The first-order valence-electron chi connectivity index (χ1n) is 15.2. The number of rotatable bonds is 7. The van der Waals surface area contributed by atoms with E-state index in [1.54, 1.807) is 13.8 Å². The van der Waals surface area contributed by atoms with Crippen LogP contribution in [0, 0.1) is 46.3 Å². The molecule has 1 N–H and O–H groups in total. The molecular weight excluding hydrogens is 590 g/mol. The summed E-state index contributed by atoms with van der Waals surface area (Å²) in [6.07, 6.45) is 1.57. The van der Waals surface area contributed by atoms with Gasteiger partial charge in [0, 0.05) is 22.7 Å². The van der Waals surface area contributed by atoms with Gasteiger partial charge in [0.1, 0.15) is 12.8 Å². The summed E-state index contributed by atoms with van der Waals surface area (Å²) in [5.74, 6) is 2.67. The first kappa shape index (κ1) is 32.6. The van der Waals surface area contributed by atoms with E-state index < -0.39 is 69.0 Å². The van der Waals surface area contributed by atoms with Crippen molar-refractivity contribution in [2.24, 2.45) is 34.5 Å². The van der Waals surface area contributed by atoms with E-state index >= 15 is 8.78 Å². The molecule has 4 aliphatic rings. The second kappa shape index (κ2) is 11.9. The van der Waals surface area contributed by atoms with Crippen molar-refractivity contribution in [1.82, 2.24) is 0 Å². The zero-order valence-corrected chi connectivity index (χ0v) is 26.5. The maximum Gasteiger partial charge on any atom is 0.375 e. The molecule has 0 spiro atoms. The van der Waals surface area contributed by atoms with Crippen LogP contribution in [0.4, 0.5) is 8.78 Å². The number of furan rings is 1. The third kappa shape index (κ3) is 4.90.